The summed E-state index contributed by atoms with van der Waals surface area (Å²) in [5.41, 5.74) is 2.73. The Hall–Kier alpha value is -0.520. The molecule has 0 radical (unpaired) electrons. The van der Waals surface area contributed by atoms with Gasteiger partial charge in [-0.25, -0.2) is 0 Å². The minimum atomic E-state index is 0.803. The van der Waals surface area contributed by atoms with Gasteiger partial charge in [0.1, 0.15) is 0 Å². The maximum atomic E-state index is 4.08. The van der Waals surface area contributed by atoms with Crippen LogP contribution < -0.4 is 0 Å². The molecule has 3 saturated carbocycles. The van der Waals surface area contributed by atoms with Crippen LogP contribution in [0.15, 0.2) is 24.3 Å². The zero-order valence-corrected chi connectivity index (χ0v) is 6.40. The van der Waals surface area contributed by atoms with Crippen LogP contribution in [-0.4, -0.2) is 0 Å². The van der Waals surface area contributed by atoms with E-state index in [1.54, 1.807) is 0 Å². The van der Waals surface area contributed by atoms with Gasteiger partial charge in [0.25, 0.3) is 0 Å². The molecule has 3 fully saturated rings. The summed E-state index contributed by atoms with van der Waals surface area (Å²) in [6.45, 7) is 8.16. The van der Waals surface area contributed by atoms with Gasteiger partial charge in [-0.3, -0.25) is 0 Å². The third-order valence-electron chi connectivity index (χ3n) is 3.13. The van der Waals surface area contributed by atoms with Gasteiger partial charge in [-0.15, -0.1) is 0 Å². The van der Waals surface area contributed by atoms with Gasteiger partial charge < -0.3 is 0 Å². The molecule has 0 aromatic rings. The van der Waals surface area contributed by atoms with Crippen molar-refractivity contribution in [3.05, 3.63) is 24.3 Å². The van der Waals surface area contributed by atoms with Crippen LogP contribution in [0.1, 0.15) is 25.7 Å². The van der Waals surface area contributed by atoms with Crippen molar-refractivity contribution in [3.63, 3.8) is 0 Å². The lowest BCUT2D eigenvalue weighted by molar-refractivity contribution is 0.295. The highest BCUT2D eigenvalue weighted by Gasteiger charge is 2.32. The fourth-order valence-electron chi connectivity index (χ4n) is 2.31. The van der Waals surface area contributed by atoms with Crippen molar-refractivity contribution in [2.75, 3.05) is 0 Å². The molecule has 0 N–H and O–H groups in total. The number of rotatable bonds is 0. The first kappa shape index (κ1) is 6.21. The summed E-state index contributed by atoms with van der Waals surface area (Å²) in [5, 5.41) is 0. The average Bonchev–Trinajstić information content (AvgIpc) is 2.00. The van der Waals surface area contributed by atoms with E-state index in [2.05, 4.69) is 13.2 Å². The summed E-state index contributed by atoms with van der Waals surface area (Å²) < 4.78 is 0. The van der Waals surface area contributed by atoms with Gasteiger partial charge in [-0.2, -0.15) is 0 Å². The van der Waals surface area contributed by atoms with E-state index >= 15 is 0 Å². The molecule has 0 spiro atoms. The zero-order valence-electron chi connectivity index (χ0n) is 6.40. The Bertz CT molecular complexity index is 158. The summed E-state index contributed by atoms with van der Waals surface area (Å²) in [5.74, 6) is 1.61. The molecule has 0 aromatic carbocycles. The molecule has 10 heavy (non-hydrogen) atoms. The van der Waals surface area contributed by atoms with Crippen LogP contribution in [-0.2, 0) is 0 Å². The second-order valence-electron chi connectivity index (χ2n) is 3.60. The van der Waals surface area contributed by atoms with Gasteiger partial charge in [0.05, 0.1) is 0 Å². The second-order valence-corrected chi connectivity index (χ2v) is 3.60. The molecular weight excluding hydrogens is 120 g/mol. The fourth-order valence-corrected chi connectivity index (χ4v) is 2.31. The van der Waals surface area contributed by atoms with Gasteiger partial charge in [0.2, 0.25) is 0 Å². The maximum Gasteiger partial charge on any atom is -0.0165 e. The molecule has 0 atom stereocenters. The van der Waals surface area contributed by atoms with Gasteiger partial charge >= 0.3 is 0 Å². The molecular formula is C10H14. The quantitative estimate of drug-likeness (QED) is 0.478. The smallest absolute Gasteiger partial charge is 0.0165 e. The lowest BCUT2D eigenvalue weighted by atomic mass is 9.66. The summed E-state index contributed by atoms with van der Waals surface area (Å²) >= 11 is 0. The fraction of sp³-hybridized carbons (Fsp3) is 0.600. The summed E-state index contributed by atoms with van der Waals surface area (Å²) in [6, 6.07) is 0. The maximum absolute atomic E-state index is 4.08. The number of hydrogen-bond donors (Lipinski definition) is 0. The van der Waals surface area contributed by atoms with Crippen LogP contribution in [0.3, 0.4) is 0 Å². The Labute approximate surface area is 62.6 Å². The van der Waals surface area contributed by atoms with E-state index in [1.807, 2.05) is 0 Å². The molecule has 3 aliphatic carbocycles. The first-order valence-electron chi connectivity index (χ1n) is 4.17. The SMILES string of the molecule is C=C1C(=C)C2CCC1CC2. The number of fused-ring (bicyclic) bond motifs is 3. The van der Waals surface area contributed by atoms with Gasteiger partial charge in [0, 0.05) is 0 Å². The van der Waals surface area contributed by atoms with Crippen molar-refractivity contribution in [1.29, 1.82) is 0 Å². The van der Waals surface area contributed by atoms with E-state index < -0.39 is 0 Å². The van der Waals surface area contributed by atoms with Crippen LogP contribution in [0.5, 0.6) is 0 Å². The van der Waals surface area contributed by atoms with E-state index in [0.29, 0.717) is 0 Å². The van der Waals surface area contributed by atoms with Crippen molar-refractivity contribution < 1.29 is 0 Å². The zero-order chi connectivity index (χ0) is 7.14. The van der Waals surface area contributed by atoms with Crippen molar-refractivity contribution in [3.8, 4) is 0 Å². The highest BCUT2D eigenvalue weighted by atomic mass is 14.4. The van der Waals surface area contributed by atoms with Crippen LogP contribution >= 0.6 is 0 Å². The van der Waals surface area contributed by atoms with E-state index in [0.717, 1.165) is 11.8 Å². The predicted octanol–water partition coefficient (Wildman–Crippen LogP) is 2.92. The van der Waals surface area contributed by atoms with E-state index in [-0.39, 0.29) is 0 Å². The third-order valence-corrected chi connectivity index (χ3v) is 3.13. The summed E-state index contributed by atoms with van der Waals surface area (Å²) in [6.07, 6.45) is 5.51. The topological polar surface area (TPSA) is 0 Å². The normalized spacial score (nSPS) is 38.8. The lowest BCUT2D eigenvalue weighted by Crippen LogP contribution is -2.26. The predicted molar refractivity (Wildman–Crippen MR) is 43.7 cm³/mol. The average molecular weight is 134 g/mol. The molecule has 0 amide bonds. The molecule has 0 heteroatoms. The largest absolute Gasteiger partial charge is 0.0953 e. The Kier molecular flexibility index (Phi) is 1.23. The Morgan fingerprint density at radius 1 is 0.800 bits per heavy atom. The van der Waals surface area contributed by atoms with Crippen LogP contribution in [0, 0.1) is 11.8 Å². The third kappa shape index (κ3) is 0.681. The molecule has 3 aliphatic rings. The molecule has 0 heterocycles. The monoisotopic (exact) mass is 134 g/mol. The minimum absolute atomic E-state index is 0.803. The molecule has 54 valence electrons. The molecule has 0 nitrogen and oxygen atoms in total. The van der Waals surface area contributed by atoms with Crippen molar-refractivity contribution >= 4 is 0 Å². The highest BCUT2D eigenvalue weighted by molar-refractivity contribution is 5.34. The lowest BCUT2D eigenvalue weighted by Gasteiger charge is -2.39. The molecule has 3 rings (SSSR count). The Balaban J connectivity index is 2.28. The molecule has 0 aromatic heterocycles. The van der Waals surface area contributed by atoms with Crippen LogP contribution in [0.2, 0.25) is 0 Å². The molecule has 0 saturated heterocycles. The first-order valence-corrected chi connectivity index (χ1v) is 4.17. The van der Waals surface area contributed by atoms with Crippen LogP contribution in [0.4, 0.5) is 0 Å². The first-order chi connectivity index (χ1) is 4.79. The Morgan fingerprint density at radius 2 is 1.10 bits per heavy atom. The van der Waals surface area contributed by atoms with Crippen molar-refractivity contribution in [2.45, 2.75) is 25.7 Å². The Morgan fingerprint density at radius 3 is 1.30 bits per heavy atom. The van der Waals surface area contributed by atoms with Crippen LogP contribution in [0.25, 0.3) is 0 Å². The summed E-state index contributed by atoms with van der Waals surface area (Å²) in [4.78, 5) is 0. The van der Waals surface area contributed by atoms with Gasteiger partial charge in [-0.1, -0.05) is 13.2 Å². The standard InChI is InChI=1S/C10H14/c1-7-8(2)10-5-3-9(7)4-6-10/h9-10H,1-6H2. The van der Waals surface area contributed by atoms with Crippen molar-refractivity contribution in [1.82, 2.24) is 0 Å². The molecule has 0 aliphatic heterocycles. The molecule has 0 unspecified atom stereocenters. The highest BCUT2D eigenvalue weighted by Crippen LogP contribution is 2.46. The van der Waals surface area contributed by atoms with E-state index in [9.17, 15) is 0 Å². The molecule has 2 bridgehead atoms. The number of hydrogen-bond acceptors (Lipinski definition) is 0. The van der Waals surface area contributed by atoms with Crippen molar-refractivity contribution in [2.24, 2.45) is 11.8 Å². The number of allylic oxidation sites excluding steroid dienone is 2. The van der Waals surface area contributed by atoms with E-state index in [4.69, 9.17) is 0 Å². The van der Waals surface area contributed by atoms with Gasteiger partial charge in [0.15, 0.2) is 0 Å². The second kappa shape index (κ2) is 1.98. The minimum Gasteiger partial charge on any atom is -0.0953 e. The van der Waals surface area contributed by atoms with Gasteiger partial charge in [-0.05, 0) is 48.7 Å². The summed E-state index contributed by atoms with van der Waals surface area (Å²) in [7, 11) is 0. The van der Waals surface area contributed by atoms with E-state index in [1.165, 1.54) is 36.8 Å².